The fraction of sp³-hybridized carbons (Fsp3) is 0.588. The number of ether oxygens (including phenoxy) is 1. The molecule has 0 radical (unpaired) electrons. The van der Waals surface area contributed by atoms with Crippen molar-refractivity contribution in [2.24, 2.45) is 17.8 Å². The number of unbranched alkanes of at least 4 members (excludes halogenated alkanes) is 1. The minimum absolute atomic E-state index is 0.00128. The highest BCUT2D eigenvalue weighted by Crippen LogP contribution is 2.42. The quantitative estimate of drug-likeness (QED) is 0.0917. The topological polar surface area (TPSA) is 52.6 Å². The second-order valence-corrected chi connectivity index (χ2v) is 19.1. The summed E-state index contributed by atoms with van der Waals surface area (Å²) in [4.78, 5) is 25.6. The molecule has 1 heterocycles. The molecule has 0 bridgehead atoms. The van der Waals surface area contributed by atoms with Gasteiger partial charge in [-0.15, -0.1) is 11.3 Å². The van der Waals surface area contributed by atoms with Crippen molar-refractivity contribution < 1.29 is 18.8 Å². The highest BCUT2D eigenvalue weighted by atomic mass is 35.5. The predicted molar refractivity (Wildman–Crippen MR) is 176 cm³/mol. The van der Waals surface area contributed by atoms with Crippen LogP contribution in [0.3, 0.4) is 0 Å². The van der Waals surface area contributed by atoms with E-state index in [-0.39, 0.29) is 28.9 Å². The van der Waals surface area contributed by atoms with Gasteiger partial charge in [-0.05, 0) is 68.1 Å². The third-order valence-corrected chi connectivity index (χ3v) is 15.3. The summed E-state index contributed by atoms with van der Waals surface area (Å²) in [7, 11) is -0.601. The molecule has 41 heavy (non-hydrogen) atoms. The molecule has 1 fully saturated rings. The molecule has 0 saturated heterocycles. The van der Waals surface area contributed by atoms with Gasteiger partial charge in [0.1, 0.15) is 5.78 Å². The Bertz CT molecular complexity index is 1230. The van der Waals surface area contributed by atoms with E-state index in [0.29, 0.717) is 24.5 Å². The van der Waals surface area contributed by atoms with Crippen LogP contribution in [0.1, 0.15) is 77.5 Å². The van der Waals surface area contributed by atoms with E-state index in [1.54, 1.807) is 11.3 Å². The van der Waals surface area contributed by atoms with Crippen LogP contribution in [0.4, 0.5) is 0 Å². The van der Waals surface area contributed by atoms with E-state index < -0.39 is 8.32 Å². The number of fused-ring (bicyclic) bond motifs is 1. The minimum atomic E-state index is -2.02. The van der Waals surface area contributed by atoms with E-state index in [2.05, 4.69) is 83.3 Å². The standard InChI is InChI=1S/C34H49ClO4SSi/c1-8-24-23-29(36)27(15-11-9-10-12-18-32(37)38-5)26(24)21-19-25(39-41(6,7)34(2,3)4)20-22-31-33(35)28-16-13-14-17-30(28)40-31/h9,11,13-14,16-17,19,21,24-27H,8,10,12,15,18,20,22-23H2,1-7H3/t24-,25?,26+,27-/m1/s1. The lowest BCUT2D eigenvalue weighted by molar-refractivity contribution is -0.140. The van der Waals surface area contributed by atoms with Crippen molar-refractivity contribution in [2.45, 2.75) is 103 Å². The summed E-state index contributed by atoms with van der Waals surface area (Å²) in [5.74, 6) is 0.764. The number of allylic oxidation sites excluding steroid dienone is 3. The summed E-state index contributed by atoms with van der Waals surface area (Å²) in [5.41, 5.74) is 0. The highest BCUT2D eigenvalue weighted by molar-refractivity contribution is 7.19. The fourth-order valence-electron chi connectivity index (χ4n) is 5.41. The Kier molecular flexibility index (Phi) is 12.5. The smallest absolute Gasteiger partial charge is 0.305 e. The van der Waals surface area contributed by atoms with Crippen LogP contribution < -0.4 is 0 Å². The molecule has 1 aliphatic carbocycles. The molecule has 0 N–H and O–H groups in total. The number of ketones is 1. The molecule has 1 aromatic carbocycles. The Morgan fingerprint density at radius 3 is 2.61 bits per heavy atom. The zero-order valence-corrected chi connectivity index (χ0v) is 28.6. The largest absolute Gasteiger partial charge is 0.469 e. The lowest BCUT2D eigenvalue weighted by Crippen LogP contribution is -2.43. The summed E-state index contributed by atoms with van der Waals surface area (Å²) in [6, 6.07) is 8.33. The Labute approximate surface area is 257 Å². The zero-order valence-electron chi connectivity index (χ0n) is 26.0. The third-order valence-electron chi connectivity index (χ3n) is 9.00. The maximum Gasteiger partial charge on any atom is 0.305 e. The molecule has 226 valence electrons. The maximum absolute atomic E-state index is 13.1. The number of methoxy groups -OCH3 is 1. The number of esters is 1. The number of halogens is 1. The summed E-state index contributed by atoms with van der Waals surface area (Å²) in [6.07, 6.45) is 14.9. The van der Waals surface area contributed by atoms with Crippen molar-refractivity contribution in [3.63, 3.8) is 0 Å². The first-order valence-electron chi connectivity index (χ1n) is 15.1. The van der Waals surface area contributed by atoms with E-state index in [0.717, 1.165) is 48.9 Å². The van der Waals surface area contributed by atoms with Gasteiger partial charge in [0, 0.05) is 33.7 Å². The monoisotopic (exact) mass is 616 g/mol. The fourth-order valence-corrected chi connectivity index (χ4v) is 8.26. The molecule has 0 amide bonds. The molecule has 7 heteroatoms. The highest BCUT2D eigenvalue weighted by Gasteiger charge is 2.41. The van der Waals surface area contributed by atoms with E-state index in [4.69, 9.17) is 20.8 Å². The summed E-state index contributed by atoms with van der Waals surface area (Å²) < 4.78 is 12.9. The SMILES string of the molecule is CC[C@@H]1CC(=O)[C@H](CC=CCCCC(=O)OC)[C@H]1C=CC(CCc1sc2ccccc2c1Cl)O[Si](C)(C)C(C)(C)C. The molecule has 4 nitrogen and oxygen atoms in total. The van der Waals surface area contributed by atoms with Gasteiger partial charge in [0.25, 0.3) is 0 Å². The molecule has 0 spiro atoms. The Hall–Kier alpha value is -1.73. The number of carbonyl (C=O) groups excluding carboxylic acids is 2. The Morgan fingerprint density at radius 1 is 1.22 bits per heavy atom. The van der Waals surface area contributed by atoms with Gasteiger partial charge >= 0.3 is 5.97 Å². The molecule has 1 aromatic heterocycles. The summed E-state index contributed by atoms with van der Waals surface area (Å²) in [6.45, 7) is 13.6. The van der Waals surface area contributed by atoms with E-state index >= 15 is 0 Å². The average Bonchev–Trinajstić information content (AvgIpc) is 3.41. The molecule has 0 aliphatic heterocycles. The van der Waals surface area contributed by atoms with Crippen LogP contribution in [0.2, 0.25) is 23.2 Å². The first-order chi connectivity index (χ1) is 19.4. The zero-order chi connectivity index (χ0) is 30.2. The van der Waals surface area contributed by atoms with Crippen LogP contribution in [-0.2, 0) is 25.2 Å². The first kappa shape index (κ1) is 33.8. The maximum atomic E-state index is 13.1. The number of Topliss-reactive ketones (excluding diaryl/α,β-unsaturated/α-hetero) is 1. The van der Waals surface area contributed by atoms with Gasteiger partial charge in [0.05, 0.1) is 18.2 Å². The van der Waals surface area contributed by atoms with Crippen molar-refractivity contribution in [2.75, 3.05) is 7.11 Å². The minimum Gasteiger partial charge on any atom is -0.469 e. The number of hydrogen-bond donors (Lipinski definition) is 0. The van der Waals surface area contributed by atoms with Crippen LogP contribution in [-0.4, -0.2) is 33.3 Å². The van der Waals surface area contributed by atoms with Crippen LogP contribution in [0.5, 0.6) is 0 Å². The van der Waals surface area contributed by atoms with Crippen LogP contribution in [0.15, 0.2) is 48.6 Å². The van der Waals surface area contributed by atoms with Crippen molar-refractivity contribution in [1.29, 1.82) is 0 Å². The predicted octanol–water partition coefficient (Wildman–Crippen LogP) is 9.95. The number of rotatable bonds is 14. The van der Waals surface area contributed by atoms with Crippen LogP contribution in [0, 0.1) is 17.8 Å². The lowest BCUT2D eigenvalue weighted by Gasteiger charge is -2.39. The molecule has 4 atom stereocenters. The summed E-state index contributed by atoms with van der Waals surface area (Å²) >= 11 is 8.57. The molecular weight excluding hydrogens is 568 g/mol. The van der Waals surface area contributed by atoms with Gasteiger partial charge in [-0.1, -0.05) is 88.2 Å². The van der Waals surface area contributed by atoms with Gasteiger partial charge in [0.15, 0.2) is 8.32 Å². The normalized spacial score (nSPS) is 21.0. The molecule has 1 saturated carbocycles. The second-order valence-electron chi connectivity index (χ2n) is 12.9. The molecular formula is C34H49ClO4SSi. The van der Waals surface area contributed by atoms with Crippen molar-refractivity contribution >= 4 is 53.1 Å². The number of hydrogen-bond acceptors (Lipinski definition) is 5. The molecule has 2 aromatic rings. The second kappa shape index (κ2) is 15.1. The summed E-state index contributed by atoms with van der Waals surface area (Å²) in [5, 5.41) is 2.10. The third kappa shape index (κ3) is 9.13. The lowest BCUT2D eigenvalue weighted by atomic mass is 9.85. The average molecular weight is 617 g/mol. The Morgan fingerprint density at radius 2 is 1.95 bits per heavy atom. The van der Waals surface area contributed by atoms with Crippen molar-refractivity contribution in [3.05, 3.63) is 58.5 Å². The van der Waals surface area contributed by atoms with Gasteiger partial charge in [-0.25, -0.2) is 0 Å². The number of benzene rings is 1. The number of thiophene rings is 1. The van der Waals surface area contributed by atoms with Crippen LogP contribution in [0.25, 0.3) is 10.1 Å². The molecule has 3 rings (SSSR count). The molecule has 1 aliphatic rings. The van der Waals surface area contributed by atoms with Gasteiger partial charge in [-0.3, -0.25) is 9.59 Å². The number of carbonyl (C=O) groups is 2. The molecule has 1 unspecified atom stereocenters. The first-order valence-corrected chi connectivity index (χ1v) is 19.2. The van der Waals surface area contributed by atoms with E-state index in [1.165, 1.54) is 16.7 Å². The van der Waals surface area contributed by atoms with Crippen LogP contribution >= 0.6 is 22.9 Å². The van der Waals surface area contributed by atoms with E-state index in [1.807, 2.05) is 6.07 Å². The van der Waals surface area contributed by atoms with Gasteiger partial charge in [0.2, 0.25) is 0 Å². The van der Waals surface area contributed by atoms with Crippen molar-refractivity contribution in [1.82, 2.24) is 0 Å². The Balaban J connectivity index is 1.76. The van der Waals surface area contributed by atoms with Crippen molar-refractivity contribution in [3.8, 4) is 0 Å². The number of aryl methyl sites for hydroxylation is 1. The van der Waals surface area contributed by atoms with Gasteiger partial charge in [-0.2, -0.15) is 0 Å². The van der Waals surface area contributed by atoms with E-state index in [9.17, 15) is 9.59 Å². The van der Waals surface area contributed by atoms with Gasteiger partial charge < -0.3 is 9.16 Å².